The van der Waals surface area contributed by atoms with Crippen LogP contribution in [0.1, 0.15) is 34.5 Å². The zero-order valence-corrected chi connectivity index (χ0v) is 19.3. The van der Waals surface area contributed by atoms with Gasteiger partial charge in [0.25, 0.3) is 5.91 Å². The van der Waals surface area contributed by atoms with Crippen LogP contribution in [0.25, 0.3) is 10.2 Å². The van der Waals surface area contributed by atoms with Crippen LogP contribution in [0.5, 0.6) is 0 Å². The van der Waals surface area contributed by atoms with Crippen LogP contribution in [-0.4, -0.2) is 34.6 Å². The summed E-state index contributed by atoms with van der Waals surface area (Å²) < 4.78 is 9.16. The average molecular weight is 465 g/mol. The van der Waals surface area contributed by atoms with E-state index < -0.39 is 0 Å². The van der Waals surface area contributed by atoms with Gasteiger partial charge < -0.3 is 14.2 Å². The SMILES string of the molecule is O=C(c1cc2sccc2n1Cc1ccccc1)N(Cc1ccc(Cl)cc1)C[C@@H]1CCCO1. The molecule has 0 aliphatic carbocycles. The van der Waals surface area contributed by atoms with Crippen molar-refractivity contribution in [2.75, 3.05) is 13.2 Å². The Morgan fingerprint density at radius 1 is 1.09 bits per heavy atom. The van der Waals surface area contributed by atoms with Crippen LogP contribution in [0.3, 0.4) is 0 Å². The van der Waals surface area contributed by atoms with Crippen LogP contribution in [0.4, 0.5) is 0 Å². The first-order chi connectivity index (χ1) is 15.7. The van der Waals surface area contributed by atoms with Crippen molar-refractivity contribution in [2.24, 2.45) is 0 Å². The van der Waals surface area contributed by atoms with E-state index in [1.165, 1.54) is 5.56 Å². The second-order valence-corrected chi connectivity index (χ2v) is 9.60. The predicted octanol–water partition coefficient (Wildman–Crippen LogP) is 6.23. The van der Waals surface area contributed by atoms with E-state index in [4.69, 9.17) is 16.3 Å². The van der Waals surface area contributed by atoms with E-state index in [9.17, 15) is 4.79 Å². The number of halogens is 1. The Kier molecular flexibility index (Phi) is 6.30. The summed E-state index contributed by atoms with van der Waals surface area (Å²) in [6.45, 7) is 2.55. The van der Waals surface area contributed by atoms with Gasteiger partial charge in [0, 0.05) is 31.3 Å². The van der Waals surface area contributed by atoms with Gasteiger partial charge in [0.05, 0.1) is 16.3 Å². The number of carbonyl (C=O) groups excluding carboxylic acids is 1. The highest BCUT2D eigenvalue weighted by Gasteiger charge is 2.26. The number of rotatable bonds is 7. The van der Waals surface area contributed by atoms with Crippen molar-refractivity contribution in [3.63, 3.8) is 0 Å². The fourth-order valence-electron chi connectivity index (χ4n) is 4.32. The summed E-state index contributed by atoms with van der Waals surface area (Å²) in [5.74, 6) is 0.0368. The number of aromatic nitrogens is 1. The van der Waals surface area contributed by atoms with Crippen molar-refractivity contribution in [1.29, 1.82) is 0 Å². The van der Waals surface area contributed by atoms with Crippen LogP contribution in [0, 0.1) is 0 Å². The largest absolute Gasteiger partial charge is 0.376 e. The zero-order chi connectivity index (χ0) is 21.9. The molecule has 1 saturated heterocycles. The zero-order valence-electron chi connectivity index (χ0n) is 17.7. The van der Waals surface area contributed by atoms with Gasteiger partial charge >= 0.3 is 0 Å². The molecule has 5 rings (SSSR count). The number of ether oxygens (including phenoxy) is 1. The minimum absolute atomic E-state index is 0.0368. The van der Waals surface area contributed by atoms with Gasteiger partial charge in [0.2, 0.25) is 0 Å². The topological polar surface area (TPSA) is 34.5 Å². The third-order valence-corrected chi connectivity index (χ3v) is 7.05. The monoisotopic (exact) mass is 464 g/mol. The molecule has 1 aliphatic heterocycles. The lowest BCUT2D eigenvalue weighted by Gasteiger charge is -2.26. The Bertz CT molecular complexity index is 1190. The first kappa shape index (κ1) is 21.3. The number of hydrogen-bond donors (Lipinski definition) is 0. The van der Waals surface area contributed by atoms with Gasteiger partial charge in [-0.05, 0) is 53.6 Å². The fraction of sp³-hybridized carbons (Fsp3) is 0.269. The molecule has 4 aromatic rings. The molecule has 0 bridgehead atoms. The summed E-state index contributed by atoms with van der Waals surface area (Å²) >= 11 is 7.74. The lowest BCUT2D eigenvalue weighted by molar-refractivity contribution is 0.0500. The first-order valence-corrected chi connectivity index (χ1v) is 12.2. The molecule has 0 unspecified atom stereocenters. The first-order valence-electron chi connectivity index (χ1n) is 10.9. The molecule has 32 heavy (non-hydrogen) atoms. The predicted molar refractivity (Wildman–Crippen MR) is 131 cm³/mol. The van der Waals surface area contributed by atoms with Gasteiger partial charge in [-0.2, -0.15) is 0 Å². The minimum Gasteiger partial charge on any atom is -0.376 e. The Labute approximate surface area is 197 Å². The maximum atomic E-state index is 13.9. The molecule has 2 aromatic heterocycles. The molecule has 1 atom stereocenters. The summed E-state index contributed by atoms with van der Waals surface area (Å²) in [5, 5.41) is 2.78. The van der Waals surface area contributed by atoms with E-state index in [2.05, 4.69) is 28.1 Å². The van der Waals surface area contributed by atoms with Gasteiger partial charge in [-0.15, -0.1) is 11.3 Å². The van der Waals surface area contributed by atoms with E-state index >= 15 is 0 Å². The number of carbonyl (C=O) groups is 1. The van der Waals surface area contributed by atoms with Crippen molar-refractivity contribution in [3.8, 4) is 0 Å². The van der Waals surface area contributed by atoms with Gasteiger partial charge in [0.1, 0.15) is 5.69 Å². The number of benzene rings is 2. The number of fused-ring (bicyclic) bond motifs is 1. The quantitative estimate of drug-likeness (QED) is 0.325. The average Bonchev–Trinajstić information content (AvgIpc) is 3.55. The smallest absolute Gasteiger partial charge is 0.270 e. The van der Waals surface area contributed by atoms with Crippen LogP contribution < -0.4 is 0 Å². The molecule has 2 aromatic carbocycles. The van der Waals surface area contributed by atoms with E-state index in [-0.39, 0.29) is 12.0 Å². The minimum atomic E-state index is 0.0368. The summed E-state index contributed by atoms with van der Waals surface area (Å²) in [6.07, 6.45) is 2.13. The van der Waals surface area contributed by atoms with Crippen LogP contribution >= 0.6 is 22.9 Å². The van der Waals surface area contributed by atoms with Gasteiger partial charge in [-0.25, -0.2) is 0 Å². The van der Waals surface area contributed by atoms with E-state index in [1.807, 2.05) is 53.4 Å². The summed E-state index contributed by atoms with van der Waals surface area (Å²) in [6, 6.07) is 22.2. The molecule has 3 heterocycles. The summed E-state index contributed by atoms with van der Waals surface area (Å²) in [4.78, 5) is 15.8. The molecular weight excluding hydrogens is 440 g/mol. The highest BCUT2D eigenvalue weighted by Crippen LogP contribution is 2.28. The Morgan fingerprint density at radius 3 is 2.66 bits per heavy atom. The molecule has 0 radical (unpaired) electrons. The van der Waals surface area contributed by atoms with Gasteiger partial charge in [-0.3, -0.25) is 4.79 Å². The number of thiophene rings is 1. The van der Waals surface area contributed by atoms with Gasteiger partial charge in [0.15, 0.2) is 0 Å². The summed E-state index contributed by atoms with van der Waals surface area (Å²) in [5.41, 5.74) is 4.06. The lowest BCUT2D eigenvalue weighted by atomic mass is 10.1. The highest BCUT2D eigenvalue weighted by atomic mass is 35.5. The molecule has 6 heteroatoms. The van der Waals surface area contributed by atoms with Crippen molar-refractivity contribution >= 4 is 39.1 Å². The van der Waals surface area contributed by atoms with Crippen LogP contribution in [-0.2, 0) is 17.8 Å². The van der Waals surface area contributed by atoms with Crippen molar-refractivity contribution in [3.05, 3.63) is 94.0 Å². The van der Waals surface area contributed by atoms with Crippen LogP contribution in [0.2, 0.25) is 5.02 Å². The third kappa shape index (κ3) is 4.60. The van der Waals surface area contributed by atoms with E-state index in [1.54, 1.807) is 11.3 Å². The molecule has 164 valence electrons. The maximum Gasteiger partial charge on any atom is 0.270 e. The fourth-order valence-corrected chi connectivity index (χ4v) is 5.26. The normalized spacial score (nSPS) is 16.0. The molecule has 1 fully saturated rings. The second-order valence-electron chi connectivity index (χ2n) is 8.22. The molecule has 1 aliphatic rings. The van der Waals surface area contributed by atoms with Gasteiger partial charge in [-0.1, -0.05) is 54.1 Å². The standard InChI is InChI=1S/C26H25ClN2O2S/c27-21-10-8-20(9-11-21)16-28(18-22-7-4-13-31-22)26(30)24-15-25-23(12-14-32-25)29(24)17-19-5-2-1-3-6-19/h1-3,5-6,8-12,14-15,22H,4,7,13,16-18H2/t22-/m0/s1. The van der Waals surface area contributed by atoms with E-state index in [0.29, 0.717) is 24.7 Å². The molecule has 1 amide bonds. The highest BCUT2D eigenvalue weighted by molar-refractivity contribution is 7.17. The van der Waals surface area contributed by atoms with Crippen LogP contribution in [0.15, 0.2) is 72.1 Å². The summed E-state index contributed by atoms with van der Waals surface area (Å²) in [7, 11) is 0. The van der Waals surface area contributed by atoms with Crippen molar-refractivity contribution in [1.82, 2.24) is 9.47 Å². The Hall–Kier alpha value is -2.60. The molecule has 4 nitrogen and oxygen atoms in total. The molecular formula is C26H25ClN2O2S. The molecule has 0 saturated carbocycles. The Morgan fingerprint density at radius 2 is 1.91 bits per heavy atom. The number of hydrogen-bond acceptors (Lipinski definition) is 3. The third-order valence-electron chi connectivity index (χ3n) is 5.95. The van der Waals surface area contributed by atoms with Crippen molar-refractivity contribution < 1.29 is 9.53 Å². The van der Waals surface area contributed by atoms with E-state index in [0.717, 1.165) is 40.9 Å². The van der Waals surface area contributed by atoms with Crippen molar-refractivity contribution in [2.45, 2.75) is 32.0 Å². The second kappa shape index (κ2) is 9.49. The Balaban J connectivity index is 1.48. The molecule has 0 spiro atoms. The number of nitrogens with zero attached hydrogens (tertiary/aromatic N) is 2. The lowest BCUT2D eigenvalue weighted by Crippen LogP contribution is -2.38. The number of amides is 1. The molecule has 0 N–H and O–H groups in total. The maximum absolute atomic E-state index is 13.9.